The zero-order valence-electron chi connectivity index (χ0n) is 11.4. The first kappa shape index (κ1) is 13.7. The number of rotatable bonds is 3. The normalized spacial score (nSPS) is 21.6. The quantitative estimate of drug-likeness (QED) is 0.781. The molecule has 102 valence electrons. The third-order valence-electron chi connectivity index (χ3n) is 3.62. The molecule has 18 heavy (non-hydrogen) atoms. The summed E-state index contributed by atoms with van der Waals surface area (Å²) in [5.74, 6) is 1.50. The number of carbonyl (C=O) groups excluding carboxylic acids is 2. The number of amides is 2. The van der Waals surface area contributed by atoms with Gasteiger partial charge in [-0.05, 0) is 6.42 Å². The molecule has 2 heterocycles. The Kier molecular flexibility index (Phi) is 3.90. The van der Waals surface area contributed by atoms with Gasteiger partial charge in [0.15, 0.2) is 0 Å². The Morgan fingerprint density at radius 2 is 2.00 bits per heavy atom. The number of hydrogen-bond donors (Lipinski definition) is 0. The molecule has 1 spiro atoms. The van der Waals surface area contributed by atoms with Gasteiger partial charge in [0.2, 0.25) is 11.8 Å². The van der Waals surface area contributed by atoms with Gasteiger partial charge in [-0.2, -0.15) is 0 Å². The monoisotopic (exact) mass is 270 g/mol. The van der Waals surface area contributed by atoms with Crippen LogP contribution < -0.4 is 0 Å². The lowest BCUT2D eigenvalue weighted by Crippen LogP contribution is -2.68. The van der Waals surface area contributed by atoms with Crippen molar-refractivity contribution in [2.75, 3.05) is 25.4 Å². The molecule has 2 rings (SSSR count). The van der Waals surface area contributed by atoms with Crippen molar-refractivity contribution in [2.24, 2.45) is 5.92 Å². The van der Waals surface area contributed by atoms with E-state index in [9.17, 15) is 9.59 Å². The van der Waals surface area contributed by atoms with Crippen molar-refractivity contribution in [2.45, 2.75) is 38.5 Å². The minimum absolute atomic E-state index is 0.0496. The van der Waals surface area contributed by atoms with Crippen LogP contribution in [0.4, 0.5) is 0 Å². The second-order valence-corrected chi connectivity index (χ2v) is 6.90. The van der Waals surface area contributed by atoms with Crippen LogP contribution in [0, 0.1) is 5.92 Å². The van der Waals surface area contributed by atoms with Crippen LogP contribution in [-0.2, 0) is 9.59 Å². The highest BCUT2D eigenvalue weighted by Gasteiger charge is 2.54. The molecule has 0 aromatic carbocycles. The lowest BCUT2D eigenvalue weighted by Gasteiger charge is -2.52. The number of nitrogens with zero attached hydrogens (tertiary/aromatic N) is 2. The molecule has 0 unspecified atom stereocenters. The van der Waals surface area contributed by atoms with E-state index in [1.54, 1.807) is 0 Å². The van der Waals surface area contributed by atoms with E-state index in [0.29, 0.717) is 19.5 Å². The summed E-state index contributed by atoms with van der Waals surface area (Å²) in [6.45, 7) is 8.15. The predicted molar refractivity (Wildman–Crippen MR) is 73.2 cm³/mol. The summed E-state index contributed by atoms with van der Waals surface area (Å²) >= 11 is 1.84. The maximum Gasteiger partial charge on any atom is 0.225 e. The van der Waals surface area contributed by atoms with Crippen molar-refractivity contribution in [3.05, 3.63) is 0 Å². The lowest BCUT2D eigenvalue weighted by atomic mass is 10.0. The standard InChI is InChI=1S/C13H22N2O2S/c1-4-5-11(16)15-6-7-18-13(15)8-14(9-13)12(17)10(2)3/h10H,4-9H2,1-3H3. The SMILES string of the molecule is CCCC(=O)N1CCSC12CN(C(=O)C(C)C)C2. The van der Waals surface area contributed by atoms with Gasteiger partial charge in [0.25, 0.3) is 0 Å². The summed E-state index contributed by atoms with van der Waals surface area (Å²) < 4.78 is 0. The molecule has 0 bridgehead atoms. The summed E-state index contributed by atoms with van der Waals surface area (Å²) in [6, 6.07) is 0. The number of hydrogen-bond acceptors (Lipinski definition) is 3. The van der Waals surface area contributed by atoms with E-state index in [1.165, 1.54) is 0 Å². The Hall–Kier alpha value is -0.710. The average Bonchev–Trinajstić information content (AvgIpc) is 2.70. The van der Waals surface area contributed by atoms with Crippen LogP contribution in [-0.4, -0.2) is 51.9 Å². The summed E-state index contributed by atoms with van der Waals surface area (Å²) in [7, 11) is 0. The Balaban J connectivity index is 1.98. The van der Waals surface area contributed by atoms with E-state index >= 15 is 0 Å². The van der Waals surface area contributed by atoms with Gasteiger partial charge in [0.05, 0.1) is 13.1 Å². The van der Waals surface area contributed by atoms with E-state index < -0.39 is 0 Å². The molecule has 0 atom stereocenters. The van der Waals surface area contributed by atoms with Crippen molar-refractivity contribution in [3.8, 4) is 0 Å². The Morgan fingerprint density at radius 1 is 1.33 bits per heavy atom. The molecule has 2 fully saturated rings. The third-order valence-corrected chi connectivity index (χ3v) is 5.03. The van der Waals surface area contributed by atoms with Crippen molar-refractivity contribution in [1.82, 2.24) is 9.80 Å². The first-order valence-electron chi connectivity index (χ1n) is 6.73. The molecule has 2 amide bonds. The molecule has 0 saturated carbocycles. The minimum Gasteiger partial charge on any atom is -0.336 e. The van der Waals surface area contributed by atoms with E-state index in [-0.39, 0.29) is 22.6 Å². The highest BCUT2D eigenvalue weighted by molar-refractivity contribution is 8.01. The first-order valence-corrected chi connectivity index (χ1v) is 7.72. The Labute approximate surface area is 113 Å². The molecule has 2 saturated heterocycles. The molecule has 0 aromatic heterocycles. The van der Waals surface area contributed by atoms with Crippen molar-refractivity contribution in [3.63, 3.8) is 0 Å². The zero-order valence-corrected chi connectivity index (χ0v) is 12.3. The summed E-state index contributed by atoms with van der Waals surface area (Å²) in [5.41, 5.74) is 0. The van der Waals surface area contributed by atoms with Gasteiger partial charge in [0.1, 0.15) is 4.87 Å². The molecule has 5 heteroatoms. The second-order valence-electron chi connectivity index (χ2n) is 5.44. The summed E-state index contributed by atoms with van der Waals surface area (Å²) in [6.07, 6.45) is 1.52. The molecule has 0 radical (unpaired) electrons. The van der Waals surface area contributed by atoms with Gasteiger partial charge < -0.3 is 9.80 Å². The molecule has 0 aliphatic carbocycles. The van der Waals surface area contributed by atoms with Crippen LogP contribution in [0.2, 0.25) is 0 Å². The highest BCUT2D eigenvalue weighted by atomic mass is 32.2. The topological polar surface area (TPSA) is 40.6 Å². The summed E-state index contributed by atoms with van der Waals surface area (Å²) in [4.78, 5) is 27.7. The number of carbonyl (C=O) groups is 2. The fourth-order valence-electron chi connectivity index (χ4n) is 2.64. The van der Waals surface area contributed by atoms with Crippen LogP contribution in [0.1, 0.15) is 33.6 Å². The average molecular weight is 270 g/mol. The molecule has 0 N–H and O–H groups in total. The largest absolute Gasteiger partial charge is 0.336 e. The fraction of sp³-hybridized carbons (Fsp3) is 0.846. The van der Waals surface area contributed by atoms with Crippen molar-refractivity contribution < 1.29 is 9.59 Å². The molecule has 2 aliphatic heterocycles. The van der Waals surface area contributed by atoms with Crippen LogP contribution >= 0.6 is 11.8 Å². The zero-order chi connectivity index (χ0) is 13.3. The molecular formula is C13H22N2O2S. The molecule has 0 aromatic rings. The summed E-state index contributed by atoms with van der Waals surface area (Å²) in [5, 5.41) is 0. The number of likely N-dealkylation sites (tertiary alicyclic amines) is 1. The van der Waals surface area contributed by atoms with Gasteiger partial charge in [-0.25, -0.2) is 0 Å². The third kappa shape index (κ3) is 2.25. The van der Waals surface area contributed by atoms with Crippen LogP contribution in [0.15, 0.2) is 0 Å². The fourth-order valence-corrected chi connectivity index (χ4v) is 4.14. The predicted octanol–water partition coefficient (Wildman–Crippen LogP) is 1.56. The van der Waals surface area contributed by atoms with Gasteiger partial charge >= 0.3 is 0 Å². The molecular weight excluding hydrogens is 248 g/mol. The van der Waals surface area contributed by atoms with Gasteiger partial charge in [-0.15, -0.1) is 11.8 Å². The van der Waals surface area contributed by atoms with Crippen molar-refractivity contribution in [1.29, 1.82) is 0 Å². The van der Waals surface area contributed by atoms with Crippen LogP contribution in [0.3, 0.4) is 0 Å². The maximum absolute atomic E-state index is 12.1. The second kappa shape index (κ2) is 5.11. The number of thioether (sulfide) groups is 1. The Morgan fingerprint density at radius 3 is 2.56 bits per heavy atom. The smallest absolute Gasteiger partial charge is 0.225 e. The van der Waals surface area contributed by atoms with Crippen LogP contribution in [0.5, 0.6) is 0 Å². The van der Waals surface area contributed by atoms with Crippen molar-refractivity contribution >= 4 is 23.6 Å². The molecule has 4 nitrogen and oxygen atoms in total. The maximum atomic E-state index is 12.1. The van der Waals surface area contributed by atoms with E-state index in [2.05, 4.69) is 0 Å². The molecule has 2 aliphatic rings. The first-order chi connectivity index (χ1) is 8.50. The Bertz CT molecular complexity index is 351. The van der Waals surface area contributed by atoms with E-state index in [4.69, 9.17) is 0 Å². The van der Waals surface area contributed by atoms with Gasteiger partial charge in [-0.3, -0.25) is 9.59 Å². The van der Waals surface area contributed by atoms with Gasteiger partial charge in [0, 0.05) is 24.6 Å². The van der Waals surface area contributed by atoms with Gasteiger partial charge in [-0.1, -0.05) is 20.8 Å². The van der Waals surface area contributed by atoms with E-state index in [1.807, 2.05) is 42.3 Å². The van der Waals surface area contributed by atoms with E-state index in [0.717, 1.165) is 18.7 Å². The van der Waals surface area contributed by atoms with Crippen LogP contribution in [0.25, 0.3) is 0 Å². The minimum atomic E-state index is -0.100. The highest BCUT2D eigenvalue weighted by Crippen LogP contribution is 2.43. The lowest BCUT2D eigenvalue weighted by molar-refractivity contribution is -0.150.